The zero-order valence-corrected chi connectivity index (χ0v) is 16.7. The summed E-state index contributed by atoms with van der Waals surface area (Å²) in [5.41, 5.74) is 2.33. The average molecular weight is 405 g/mol. The molecule has 0 saturated carbocycles. The van der Waals surface area contributed by atoms with Crippen LogP contribution in [-0.4, -0.2) is 46.9 Å². The molecule has 1 amide bonds. The number of nitrogens with zero attached hydrogens (tertiary/aromatic N) is 3. The van der Waals surface area contributed by atoms with Gasteiger partial charge in [-0.1, -0.05) is 24.3 Å². The van der Waals surface area contributed by atoms with Crippen LogP contribution in [0.1, 0.15) is 21.5 Å². The summed E-state index contributed by atoms with van der Waals surface area (Å²) in [6, 6.07) is 17.9. The molecule has 30 heavy (non-hydrogen) atoms. The number of piperazine rings is 1. The first kappa shape index (κ1) is 20.0. The van der Waals surface area contributed by atoms with E-state index in [9.17, 15) is 9.18 Å². The van der Waals surface area contributed by atoms with E-state index in [0.717, 1.165) is 18.7 Å². The first-order valence-electron chi connectivity index (χ1n) is 10.1. The summed E-state index contributed by atoms with van der Waals surface area (Å²) in [6.45, 7) is 3.72. The number of halogens is 1. The highest BCUT2D eigenvalue weighted by molar-refractivity contribution is 5.94. The molecule has 2 aromatic carbocycles. The molecule has 1 aliphatic rings. The maximum Gasteiger partial charge on any atom is 0.253 e. The van der Waals surface area contributed by atoms with Gasteiger partial charge in [0.25, 0.3) is 5.91 Å². The minimum absolute atomic E-state index is 0.0133. The molecular formula is C24H24FN3O2. The molecule has 154 valence electrons. The zero-order valence-electron chi connectivity index (χ0n) is 16.7. The Balaban J connectivity index is 1.28. The summed E-state index contributed by atoms with van der Waals surface area (Å²) in [4.78, 5) is 20.9. The summed E-state index contributed by atoms with van der Waals surface area (Å²) in [6.07, 6.45) is 3.49. The lowest BCUT2D eigenvalue weighted by Crippen LogP contribution is -2.48. The van der Waals surface area contributed by atoms with Crippen LogP contribution in [0.25, 0.3) is 0 Å². The highest BCUT2D eigenvalue weighted by atomic mass is 19.1. The molecule has 0 radical (unpaired) electrons. The second kappa shape index (κ2) is 9.50. The number of pyridine rings is 1. The number of aromatic nitrogens is 1. The summed E-state index contributed by atoms with van der Waals surface area (Å²) in [5, 5.41) is 0. The lowest BCUT2D eigenvalue weighted by Gasteiger charge is -2.34. The molecule has 0 N–H and O–H groups in total. The van der Waals surface area contributed by atoms with Gasteiger partial charge in [0.15, 0.2) is 0 Å². The average Bonchev–Trinajstić information content (AvgIpc) is 2.80. The number of carbonyl (C=O) groups excluding carboxylic acids is 1. The Morgan fingerprint density at radius 2 is 1.73 bits per heavy atom. The monoisotopic (exact) mass is 405 g/mol. The van der Waals surface area contributed by atoms with Crippen LogP contribution in [-0.2, 0) is 13.2 Å². The molecule has 0 bridgehead atoms. The van der Waals surface area contributed by atoms with Gasteiger partial charge in [-0.05, 0) is 36.4 Å². The van der Waals surface area contributed by atoms with Gasteiger partial charge in [-0.2, -0.15) is 0 Å². The van der Waals surface area contributed by atoms with E-state index in [1.165, 1.54) is 6.07 Å². The Morgan fingerprint density at radius 1 is 0.967 bits per heavy atom. The molecule has 1 saturated heterocycles. The molecule has 0 unspecified atom stereocenters. The third kappa shape index (κ3) is 5.02. The van der Waals surface area contributed by atoms with Gasteiger partial charge in [-0.3, -0.25) is 14.7 Å². The third-order valence-electron chi connectivity index (χ3n) is 5.24. The fourth-order valence-corrected chi connectivity index (χ4v) is 3.50. The lowest BCUT2D eigenvalue weighted by atomic mass is 10.1. The summed E-state index contributed by atoms with van der Waals surface area (Å²) >= 11 is 0. The molecule has 5 nitrogen and oxygen atoms in total. The molecule has 4 rings (SSSR count). The van der Waals surface area contributed by atoms with Crippen LogP contribution >= 0.6 is 0 Å². The van der Waals surface area contributed by atoms with Crippen molar-refractivity contribution in [3.63, 3.8) is 0 Å². The van der Waals surface area contributed by atoms with Gasteiger partial charge in [0.1, 0.15) is 18.2 Å². The second-order valence-electron chi connectivity index (χ2n) is 7.33. The van der Waals surface area contributed by atoms with Crippen LogP contribution in [0.2, 0.25) is 0 Å². The first-order valence-corrected chi connectivity index (χ1v) is 10.1. The fraction of sp³-hybridized carbons (Fsp3) is 0.250. The molecular weight excluding hydrogens is 381 g/mol. The second-order valence-corrected chi connectivity index (χ2v) is 7.33. The molecule has 1 aromatic heterocycles. The van der Waals surface area contributed by atoms with Crippen LogP contribution in [0, 0.1) is 5.82 Å². The topological polar surface area (TPSA) is 45.7 Å². The van der Waals surface area contributed by atoms with E-state index >= 15 is 0 Å². The highest BCUT2D eigenvalue weighted by Gasteiger charge is 2.22. The van der Waals surface area contributed by atoms with Crippen LogP contribution in [0.3, 0.4) is 0 Å². The van der Waals surface area contributed by atoms with Crippen molar-refractivity contribution < 1.29 is 13.9 Å². The van der Waals surface area contributed by atoms with Crippen molar-refractivity contribution in [2.45, 2.75) is 13.2 Å². The van der Waals surface area contributed by atoms with Crippen LogP contribution in [0.5, 0.6) is 5.75 Å². The van der Waals surface area contributed by atoms with Crippen molar-refractivity contribution in [1.29, 1.82) is 0 Å². The van der Waals surface area contributed by atoms with Gasteiger partial charge in [-0.25, -0.2) is 4.39 Å². The van der Waals surface area contributed by atoms with Gasteiger partial charge in [0, 0.05) is 61.8 Å². The van der Waals surface area contributed by atoms with Crippen molar-refractivity contribution in [2.24, 2.45) is 0 Å². The minimum atomic E-state index is -0.179. The Morgan fingerprint density at radius 3 is 2.43 bits per heavy atom. The number of hydrogen-bond acceptors (Lipinski definition) is 4. The van der Waals surface area contributed by atoms with Crippen LogP contribution < -0.4 is 4.74 Å². The molecule has 2 heterocycles. The van der Waals surface area contributed by atoms with Gasteiger partial charge in [-0.15, -0.1) is 0 Å². The molecule has 1 fully saturated rings. The molecule has 1 aliphatic heterocycles. The standard InChI is InChI=1S/C24H24FN3O2/c25-23-6-2-1-5-21(23)17-27-12-14-28(15-13-27)24(29)20-7-9-22(10-8-20)30-18-19-4-3-11-26-16-19/h1-11,16H,12-15,17-18H2. The van der Waals surface area contributed by atoms with Crippen molar-refractivity contribution in [3.8, 4) is 5.75 Å². The number of amides is 1. The van der Waals surface area contributed by atoms with Gasteiger partial charge in [0.05, 0.1) is 0 Å². The van der Waals surface area contributed by atoms with Crippen molar-refractivity contribution in [3.05, 3.63) is 95.6 Å². The molecule has 0 atom stereocenters. The summed E-state index contributed by atoms with van der Waals surface area (Å²) in [7, 11) is 0. The number of rotatable bonds is 6. The Bertz CT molecular complexity index is 971. The molecule has 0 spiro atoms. The van der Waals surface area contributed by atoms with Crippen molar-refractivity contribution >= 4 is 5.91 Å². The third-order valence-corrected chi connectivity index (χ3v) is 5.24. The van der Waals surface area contributed by atoms with E-state index in [2.05, 4.69) is 9.88 Å². The van der Waals surface area contributed by atoms with Gasteiger partial charge >= 0.3 is 0 Å². The number of benzene rings is 2. The molecule has 0 aliphatic carbocycles. The largest absolute Gasteiger partial charge is 0.489 e. The fourth-order valence-electron chi connectivity index (χ4n) is 3.50. The van der Waals surface area contributed by atoms with Crippen molar-refractivity contribution in [1.82, 2.24) is 14.8 Å². The normalized spacial score (nSPS) is 14.5. The van der Waals surface area contributed by atoms with E-state index in [1.807, 2.05) is 41.3 Å². The van der Waals surface area contributed by atoms with E-state index < -0.39 is 0 Å². The van der Waals surface area contributed by atoms with E-state index in [0.29, 0.717) is 43.1 Å². The zero-order chi connectivity index (χ0) is 20.8. The molecule has 3 aromatic rings. The Hall–Kier alpha value is -3.25. The van der Waals surface area contributed by atoms with Gasteiger partial charge in [0.2, 0.25) is 0 Å². The first-order chi connectivity index (χ1) is 14.7. The lowest BCUT2D eigenvalue weighted by molar-refractivity contribution is 0.0627. The highest BCUT2D eigenvalue weighted by Crippen LogP contribution is 2.17. The number of hydrogen-bond donors (Lipinski definition) is 0. The van der Waals surface area contributed by atoms with E-state index in [-0.39, 0.29) is 11.7 Å². The summed E-state index contributed by atoms with van der Waals surface area (Å²) < 4.78 is 19.6. The van der Waals surface area contributed by atoms with Gasteiger partial charge < -0.3 is 9.64 Å². The quantitative estimate of drug-likeness (QED) is 0.627. The smallest absolute Gasteiger partial charge is 0.253 e. The maximum atomic E-state index is 13.9. The minimum Gasteiger partial charge on any atom is -0.489 e. The molecule has 6 heteroatoms. The van der Waals surface area contributed by atoms with Crippen LogP contribution in [0.4, 0.5) is 4.39 Å². The number of ether oxygens (including phenoxy) is 1. The summed E-state index contributed by atoms with van der Waals surface area (Å²) in [5.74, 6) is 0.548. The SMILES string of the molecule is O=C(c1ccc(OCc2cccnc2)cc1)N1CCN(Cc2ccccc2F)CC1. The van der Waals surface area contributed by atoms with E-state index in [1.54, 1.807) is 30.6 Å². The predicted octanol–water partition coefficient (Wildman–Crippen LogP) is 3.76. The van der Waals surface area contributed by atoms with Crippen molar-refractivity contribution in [2.75, 3.05) is 26.2 Å². The predicted molar refractivity (Wildman–Crippen MR) is 113 cm³/mol. The maximum absolute atomic E-state index is 13.9. The van der Waals surface area contributed by atoms with E-state index in [4.69, 9.17) is 4.74 Å². The number of carbonyl (C=O) groups is 1. The Kier molecular flexibility index (Phi) is 6.35. The van der Waals surface area contributed by atoms with Crippen LogP contribution in [0.15, 0.2) is 73.1 Å². The Labute approximate surface area is 175 Å².